The van der Waals surface area contributed by atoms with Gasteiger partial charge in [-0.3, -0.25) is 4.90 Å². The van der Waals surface area contributed by atoms with Crippen molar-refractivity contribution < 1.29 is 14.3 Å². The Bertz CT molecular complexity index is 596. The molecule has 3 rings (SSSR count). The molecule has 1 aliphatic carbocycles. The molecule has 1 heterocycles. The molecule has 0 radical (unpaired) electrons. The van der Waals surface area contributed by atoms with Crippen LogP contribution in [0, 0.1) is 0 Å². The van der Waals surface area contributed by atoms with Crippen LogP contribution < -0.4 is 10.6 Å². The SMILES string of the molecule is COCc1cccc(CNC(=O)NCC2(N3CCOCC3)CCCCC2)c1. The quantitative estimate of drug-likeness (QED) is 0.769. The van der Waals surface area contributed by atoms with Gasteiger partial charge in [-0.1, -0.05) is 43.5 Å². The Labute approximate surface area is 162 Å². The van der Waals surface area contributed by atoms with Crippen LogP contribution in [0.5, 0.6) is 0 Å². The molecule has 0 bridgehead atoms. The summed E-state index contributed by atoms with van der Waals surface area (Å²) in [6.07, 6.45) is 6.11. The maximum Gasteiger partial charge on any atom is 0.315 e. The highest BCUT2D eigenvalue weighted by Gasteiger charge is 2.38. The lowest BCUT2D eigenvalue weighted by Crippen LogP contribution is -2.60. The number of urea groups is 1. The normalized spacial score (nSPS) is 20.2. The summed E-state index contributed by atoms with van der Waals surface area (Å²) in [5, 5.41) is 6.14. The minimum atomic E-state index is -0.0923. The van der Waals surface area contributed by atoms with Crippen molar-refractivity contribution in [1.29, 1.82) is 0 Å². The maximum absolute atomic E-state index is 12.4. The number of nitrogens with one attached hydrogen (secondary N) is 2. The van der Waals surface area contributed by atoms with Gasteiger partial charge in [0.25, 0.3) is 0 Å². The fourth-order valence-electron chi connectivity index (χ4n) is 4.34. The van der Waals surface area contributed by atoms with Crippen LogP contribution in [0.4, 0.5) is 4.79 Å². The molecule has 0 atom stereocenters. The first kappa shape index (κ1) is 20.1. The number of ether oxygens (including phenoxy) is 2. The van der Waals surface area contributed by atoms with Crippen LogP contribution in [0.3, 0.4) is 0 Å². The molecule has 27 heavy (non-hydrogen) atoms. The van der Waals surface area contributed by atoms with Gasteiger partial charge in [0.1, 0.15) is 0 Å². The topological polar surface area (TPSA) is 62.8 Å². The number of carbonyl (C=O) groups is 1. The van der Waals surface area contributed by atoms with Gasteiger partial charge in [0.05, 0.1) is 19.8 Å². The summed E-state index contributed by atoms with van der Waals surface area (Å²) in [5.41, 5.74) is 2.29. The number of hydrogen-bond acceptors (Lipinski definition) is 4. The average molecular weight is 376 g/mol. The molecule has 0 unspecified atom stereocenters. The van der Waals surface area contributed by atoms with E-state index in [1.54, 1.807) is 7.11 Å². The zero-order valence-electron chi connectivity index (χ0n) is 16.5. The fourth-order valence-corrected chi connectivity index (χ4v) is 4.34. The number of nitrogens with zero attached hydrogens (tertiary/aromatic N) is 1. The molecular formula is C21H33N3O3. The van der Waals surface area contributed by atoms with E-state index in [1.807, 2.05) is 18.2 Å². The van der Waals surface area contributed by atoms with Gasteiger partial charge in [-0.25, -0.2) is 4.79 Å². The second-order valence-electron chi connectivity index (χ2n) is 7.67. The summed E-state index contributed by atoms with van der Waals surface area (Å²) in [6.45, 7) is 5.35. The fraction of sp³-hybridized carbons (Fsp3) is 0.667. The molecule has 0 aromatic heterocycles. The number of rotatable bonds is 7. The molecule has 2 amide bonds. The van der Waals surface area contributed by atoms with E-state index in [4.69, 9.17) is 9.47 Å². The van der Waals surface area contributed by atoms with Gasteiger partial charge >= 0.3 is 6.03 Å². The van der Waals surface area contributed by atoms with E-state index in [-0.39, 0.29) is 11.6 Å². The first-order valence-electron chi connectivity index (χ1n) is 10.1. The molecule has 6 nitrogen and oxygen atoms in total. The molecule has 6 heteroatoms. The van der Waals surface area contributed by atoms with Crippen molar-refractivity contribution in [2.75, 3.05) is 40.0 Å². The van der Waals surface area contributed by atoms with Crippen LogP contribution >= 0.6 is 0 Å². The minimum Gasteiger partial charge on any atom is -0.380 e. The number of morpholine rings is 1. The molecule has 0 spiro atoms. The number of amides is 2. The van der Waals surface area contributed by atoms with E-state index in [2.05, 4.69) is 21.6 Å². The van der Waals surface area contributed by atoms with Crippen molar-refractivity contribution >= 4 is 6.03 Å². The van der Waals surface area contributed by atoms with E-state index in [0.29, 0.717) is 19.7 Å². The molecule has 1 aromatic rings. The molecule has 1 aromatic carbocycles. The lowest BCUT2D eigenvalue weighted by atomic mass is 9.80. The highest BCUT2D eigenvalue weighted by molar-refractivity contribution is 5.73. The molecule has 1 aliphatic heterocycles. The van der Waals surface area contributed by atoms with Gasteiger partial charge in [-0.2, -0.15) is 0 Å². The van der Waals surface area contributed by atoms with E-state index in [9.17, 15) is 4.79 Å². The molecule has 150 valence electrons. The Morgan fingerprint density at radius 2 is 1.89 bits per heavy atom. The van der Waals surface area contributed by atoms with Crippen LogP contribution in [-0.2, 0) is 22.6 Å². The molecule has 2 fully saturated rings. The summed E-state index contributed by atoms with van der Waals surface area (Å²) in [7, 11) is 1.69. The summed E-state index contributed by atoms with van der Waals surface area (Å²) < 4.78 is 10.7. The van der Waals surface area contributed by atoms with E-state index < -0.39 is 0 Å². The van der Waals surface area contributed by atoms with Gasteiger partial charge in [-0.05, 0) is 24.0 Å². The van der Waals surface area contributed by atoms with Crippen molar-refractivity contribution in [3.63, 3.8) is 0 Å². The standard InChI is InChI=1S/C21H33N3O3/c1-26-16-19-7-5-6-18(14-19)15-22-20(25)23-17-21(8-3-2-4-9-21)24-10-12-27-13-11-24/h5-7,14H,2-4,8-13,15-17H2,1H3,(H2,22,23,25). The third-order valence-corrected chi connectivity index (χ3v) is 5.80. The van der Waals surface area contributed by atoms with Crippen LogP contribution in [0.2, 0.25) is 0 Å². The number of hydrogen-bond donors (Lipinski definition) is 2. The van der Waals surface area contributed by atoms with Gasteiger partial charge < -0.3 is 20.1 Å². The first-order chi connectivity index (χ1) is 13.2. The zero-order chi connectivity index (χ0) is 19.0. The van der Waals surface area contributed by atoms with Gasteiger partial charge in [-0.15, -0.1) is 0 Å². The highest BCUT2D eigenvalue weighted by Crippen LogP contribution is 2.33. The summed E-state index contributed by atoms with van der Waals surface area (Å²) >= 11 is 0. The second kappa shape index (κ2) is 10.1. The predicted molar refractivity (Wildman–Crippen MR) is 106 cm³/mol. The molecule has 2 aliphatic rings. The smallest absolute Gasteiger partial charge is 0.315 e. The summed E-state index contributed by atoms with van der Waals surface area (Å²) in [5.74, 6) is 0. The number of benzene rings is 1. The third kappa shape index (κ3) is 5.67. The molecular weight excluding hydrogens is 342 g/mol. The van der Waals surface area contributed by atoms with E-state index >= 15 is 0 Å². The largest absolute Gasteiger partial charge is 0.380 e. The lowest BCUT2D eigenvalue weighted by Gasteiger charge is -2.48. The molecule has 1 saturated carbocycles. The van der Waals surface area contributed by atoms with Gasteiger partial charge in [0.15, 0.2) is 0 Å². The van der Waals surface area contributed by atoms with Crippen LogP contribution in [0.1, 0.15) is 43.2 Å². The van der Waals surface area contributed by atoms with Crippen molar-refractivity contribution in [2.45, 2.75) is 50.8 Å². The van der Waals surface area contributed by atoms with Gasteiger partial charge in [0.2, 0.25) is 0 Å². The minimum absolute atomic E-state index is 0.0923. The lowest BCUT2D eigenvalue weighted by molar-refractivity contribution is -0.0357. The number of carbonyl (C=O) groups excluding carboxylic acids is 1. The Hall–Kier alpha value is -1.63. The van der Waals surface area contributed by atoms with Crippen LogP contribution in [-0.4, -0.2) is 56.4 Å². The average Bonchev–Trinajstić information content (AvgIpc) is 2.73. The monoisotopic (exact) mass is 375 g/mol. The van der Waals surface area contributed by atoms with Crippen molar-refractivity contribution in [1.82, 2.24) is 15.5 Å². The molecule has 1 saturated heterocycles. The second-order valence-corrected chi connectivity index (χ2v) is 7.67. The van der Waals surface area contributed by atoms with Crippen molar-refractivity contribution in [3.8, 4) is 0 Å². The summed E-state index contributed by atoms with van der Waals surface area (Å²) in [4.78, 5) is 15.0. The zero-order valence-corrected chi connectivity index (χ0v) is 16.5. The third-order valence-electron chi connectivity index (χ3n) is 5.80. The number of methoxy groups -OCH3 is 1. The Morgan fingerprint density at radius 1 is 1.15 bits per heavy atom. The Morgan fingerprint density at radius 3 is 2.63 bits per heavy atom. The van der Waals surface area contributed by atoms with Crippen LogP contribution in [0.15, 0.2) is 24.3 Å². The van der Waals surface area contributed by atoms with Crippen molar-refractivity contribution in [2.24, 2.45) is 0 Å². The van der Waals surface area contributed by atoms with Crippen molar-refractivity contribution in [3.05, 3.63) is 35.4 Å². The van der Waals surface area contributed by atoms with Gasteiger partial charge in [0, 0.05) is 38.8 Å². The van der Waals surface area contributed by atoms with E-state index in [1.165, 1.54) is 19.3 Å². The Kier molecular flexibility index (Phi) is 7.50. The van der Waals surface area contributed by atoms with Crippen LogP contribution in [0.25, 0.3) is 0 Å². The predicted octanol–water partition coefficient (Wildman–Crippen LogP) is 2.67. The summed E-state index contributed by atoms with van der Waals surface area (Å²) in [6, 6.07) is 8.03. The Balaban J connectivity index is 1.51. The molecule has 2 N–H and O–H groups in total. The first-order valence-corrected chi connectivity index (χ1v) is 10.1. The maximum atomic E-state index is 12.4. The van der Waals surface area contributed by atoms with E-state index in [0.717, 1.165) is 50.3 Å². The highest BCUT2D eigenvalue weighted by atomic mass is 16.5.